The third kappa shape index (κ3) is 6.61. The molecule has 0 aliphatic heterocycles. The van der Waals surface area contributed by atoms with E-state index in [1.165, 1.54) is 0 Å². The number of nitrogens with one attached hydrogen (secondary N) is 1. The van der Waals surface area contributed by atoms with Gasteiger partial charge in [0.1, 0.15) is 5.75 Å². The molecule has 5 nitrogen and oxygen atoms in total. The highest BCUT2D eigenvalue weighted by molar-refractivity contribution is 5.78. The van der Waals surface area contributed by atoms with Crippen molar-refractivity contribution in [2.24, 2.45) is 11.8 Å². The maximum Gasteiger partial charge on any atom is 0.303 e. The second kappa shape index (κ2) is 9.07. The van der Waals surface area contributed by atoms with Crippen LogP contribution in [-0.4, -0.2) is 23.6 Å². The first kappa shape index (κ1) is 18.0. The average Bonchev–Trinajstić information content (AvgIpc) is 2.49. The Morgan fingerprint density at radius 3 is 2.36 bits per heavy atom. The molecule has 0 radical (unpaired) electrons. The van der Waals surface area contributed by atoms with Crippen molar-refractivity contribution in [3.05, 3.63) is 29.8 Å². The molecule has 0 aliphatic carbocycles. The number of ether oxygens (including phenoxy) is 1. The van der Waals surface area contributed by atoms with Crippen LogP contribution in [-0.2, 0) is 16.1 Å². The lowest BCUT2D eigenvalue weighted by atomic mass is 9.97. The number of carboxylic acid groups (broad SMARTS) is 1. The highest BCUT2D eigenvalue weighted by atomic mass is 16.5. The topological polar surface area (TPSA) is 75.6 Å². The third-order valence-electron chi connectivity index (χ3n) is 3.61. The Morgan fingerprint density at radius 2 is 1.82 bits per heavy atom. The number of hydrogen-bond acceptors (Lipinski definition) is 3. The van der Waals surface area contributed by atoms with Crippen LogP contribution in [0.3, 0.4) is 0 Å². The van der Waals surface area contributed by atoms with E-state index < -0.39 is 5.97 Å². The molecule has 1 rings (SSSR count). The normalized spacial score (nSPS) is 12.0. The number of amides is 1. The fourth-order valence-electron chi connectivity index (χ4n) is 1.77. The zero-order chi connectivity index (χ0) is 16.5. The molecule has 5 heteroatoms. The lowest BCUT2D eigenvalue weighted by Gasteiger charge is -2.15. The molecule has 0 saturated carbocycles. The van der Waals surface area contributed by atoms with Crippen LogP contribution in [0.25, 0.3) is 0 Å². The number of carbonyl (C=O) groups is 2. The van der Waals surface area contributed by atoms with E-state index in [0.29, 0.717) is 31.2 Å². The van der Waals surface area contributed by atoms with Crippen LogP contribution in [0.15, 0.2) is 24.3 Å². The maximum atomic E-state index is 11.9. The van der Waals surface area contributed by atoms with Crippen LogP contribution < -0.4 is 10.1 Å². The fraction of sp³-hybridized carbons (Fsp3) is 0.529. The maximum absolute atomic E-state index is 11.9. The van der Waals surface area contributed by atoms with E-state index in [0.717, 1.165) is 5.56 Å². The van der Waals surface area contributed by atoms with E-state index in [4.69, 9.17) is 9.84 Å². The Labute approximate surface area is 131 Å². The zero-order valence-electron chi connectivity index (χ0n) is 13.5. The monoisotopic (exact) mass is 307 g/mol. The molecule has 0 heterocycles. The Balaban J connectivity index is 2.35. The van der Waals surface area contributed by atoms with Crippen molar-refractivity contribution in [1.82, 2.24) is 5.32 Å². The largest absolute Gasteiger partial charge is 0.494 e. The molecule has 1 amide bonds. The van der Waals surface area contributed by atoms with Gasteiger partial charge in [-0.3, -0.25) is 9.59 Å². The third-order valence-corrected chi connectivity index (χ3v) is 3.61. The molecule has 22 heavy (non-hydrogen) atoms. The van der Waals surface area contributed by atoms with Gasteiger partial charge >= 0.3 is 5.97 Å². The van der Waals surface area contributed by atoms with E-state index in [1.807, 2.05) is 45.0 Å². The van der Waals surface area contributed by atoms with E-state index in [9.17, 15) is 9.59 Å². The minimum atomic E-state index is -0.815. The van der Waals surface area contributed by atoms with Crippen LogP contribution in [0.5, 0.6) is 5.75 Å². The Hall–Kier alpha value is -2.04. The fourth-order valence-corrected chi connectivity index (χ4v) is 1.77. The lowest BCUT2D eigenvalue weighted by molar-refractivity contribution is -0.137. The molecule has 0 fully saturated rings. The van der Waals surface area contributed by atoms with Gasteiger partial charge in [0, 0.05) is 18.9 Å². The summed E-state index contributed by atoms with van der Waals surface area (Å²) in [4.78, 5) is 22.3. The van der Waals surface area contributed by atoms with Crippen LogP contribution >= 0.6 is 0 Å². The summed E-state index contributed by atoms with van der Waals surface area (Å²) in [6.07, 6.45) is 0.596. The molecule has 122 valence electrons. The van der Waals surface area contributed by atoms with Gasteiger partial charge in [0.25, 0.3) is 0 Å². The summed E-state index contributed by atoms with van der Waals surface area (Å²) in [5.74, 6) is 0.267. The second-order valence-electron chi connectivity index (χ2n) is 5.74. The quantitative estimate of drug-likeness (QED) is 0.688. The standard InChI is InChI=1S/C17H25NO4/c1-12(2)13(3)17(21)18-11-14-6-8-15(9-7-14)22-10-4-5-16(19)20/h6-9,12-13H,4-5,10-11H2,1-3H3,(H,18,21)(H,19,20). The first-order chi connectivity index (χ1) is 10.4. The number of carbonyl (C=O) groups excluding carboxylic acids is 1. The second-order valence-corrected chi connectivity index (χ2v) is 5.74. The van der Waals surface area contributed by atoms with E-state index in [1.54, 1.807) is 0 Å². The molecule has 0 bridgehead atoms. The predicted molar refractivity (Wildman–Crippen MR) is 84.7 cm³/mol. The smallest absolute Gasteiger partial charge is 0.303 e. The summed E-state index contributed by atoms with van der Waals surface area (Å²) >= 11 is 0. The van der Waals surface area contributed by atoms with Gasteiger partial charge in [-0.05, 0) is 30.0 Å². The number of aliphatic carboxylic acids is 1. The van der Waals surface area contributed by atoms with Crippen LogP contribution in [0, 0.1) is 11.8 Å². The van der Waals surface area contributed by atoms with Gasteiger partial charge in [-0.25, -0.2) is 0 Å². The molecule has 1 aromatic rings. The van der Waals surface area contributed by atoms with Gasteiger partial charge in [0.2, 0.25) is 5.91 Å². The summed E-state index contributed by atoms with van der Waals surface area (Å²) in [5, 5.41) is 11.5. The van der Waals surface area contributed by atoms with Gasteiger partial charge in [-0.1, -0.05) is 32.9 Å². The van der Waals surface area contributed by atoms with Gasteiger partial charge in [-0.15, -0.1) is 0 Å². The molecule has 1 atom stereocenters. The Bertz CT molecular complexity index is 482. The van der Waals surface area contributed by atoms with Crippen molar-refractivity contribution in [2.75, 3.05) is 6.61 Å². The van der Waals surface area contributed by atoms with Crippen molar-refractivity contribution < 1.29 is 19.4 Å². The number of rotatable bonds is 9. The molecular weight excluding hydrogens is 282 g/mol. The molecule has 0 aromatic heterocycles. The van der Waals surface area contributed by atoms with Crippen LogP contribution in [0.1, 0.15) is 39.2 Å². The number of hydrogen-bond donors (Lipinski definition) is 2. The van der Waals surface area contributed by atoms with E-state index >= 15 is 0 Å². The van der Waals surface area contributed by atoms with Crippen molar-refractivity contribution in [2.45, 2.75) is 40.2 Å². The summed E-state index contributed by atoms with van der Waals surface area (Å²) < 4.78 is 5.46. The minimum absolute atomic E-state index is 0.00292. The Kier molecular flexibility index (Phi) is 7.43. The first-order valence-electron chi connectivity index (χ1n) is 7.61. The highest BCUT2D eigenvalue weighted by Crippen LogP contribution is 2.13. The summed E-state index contributed by atoms with van der Waals surface area (Å²) in [6.45, 7) is 6.86. The number of benzene rings is 1. The molecule has 0 spiro atoms. The van der Waals surface area contributed by atoms with Crippen LogP contribution in [0.4, 0.5) is 0 Å². The van der Waals surface area contributed by atoms with Gasteiger partial charge in [0.15, 0.2) is 0 Å². The zero-order valence-corrected chi connectivity index (χ0v) is 13.5. The summed E-state index contributed by atoms with van der Waals surface area (Å²) in [7, 11) is 0. The molecule has 1 aromatic carbocycles. The van der Waals surface area contributed by atoms with Crippen LogP contribution in [0.2, 0.25) is 0 Å². The molecule has 2 N–H and O–H groups in total. The summed E-state index contributed by atoms with van der Waals surface area (Å²) in [5.41, 5.74) is 1.00. The van der Waals surface area contributed by atoms with Crippen molar-refractivity contribution in [3.8, 4) is 5.75 Å². The van der Waals surface area contributed by atoms with Crippen molar-refractivity contribution >= 4 is 11.9 Å². The summed E-state index contributed by atoms with van der Waals surface area (Å²) in [6, 6.07) is 7.45. The molecule has 0 saturated heterocycles. The first-order valence-corrected chi connectivity index (χ1v) is 7.61. The SMILES string of the molecule is CC(C)C(C)C(=O)NCc1ccc(OCCCC(=O)O)cc1. The van der Waals surface area contributed by atoms with E-state index in [-0.39, 0.29) is 18.2 Å². The highest BCUT2D eigenvalue weighted by Gasteiger charge is 2.15. The Morgan fingerprint density at radius 1 is 1.18 bits per heavy atom. The van der Waals surface area contributed by atoms with E-state index in [2.05, 4.69) is 5.32 Å². The molecular formula is C17H25NO4. The van der Waals surface area contributed by atoms with Crippen molar-refractivity contribution in [1.29, 1.82) is 0 Å². The average molecular weight is 307 g/mol. The lowest BCUT2D eigenvalue weighted by Crippen LogP contribution is -2.31. The molecule has 0 aliphatic rings. The molecule has 1 unspecified atom stereocenters. The van der Waals surface area contributed by atoms with Crippen molar-refractivity contribution in [3.63, 3.8) is 0 Å². The van der Waals surface area contributed by atoms with Gasteiger partial charge < -0.3 is 15.2 Å². The van der Waals surface area contributed by atoms with Gasteiger partial charge in [-0.2, -0.15) is 0 Å². The number of carboxylic acids is 1. The predicted octanol–water partition coefficient (Wildman–Crippen LogP) is 2.84. The van der Waals surface area contributed by atoms with Gasteiger partial charge in [0.05, 0.1) is 6.61 Å². The minimum Gasteiger partial charge on any atom is -0.494 e.